The van der Waals surface area contributed by atoms with Crippen molar-refractivity contribution < 1.29 is 43.6 Å². The second-order valence-corrected chi connectivity index (χ2v) is 8.79. The number of carbonyl (C=O) groups excluding carboxylic acids is 4. The number of esters is 3. The van der Waals surface area contributed by atoms with Gasteiger partial charge in [0.1, 0.15) is 11.9 Å². The third kappa shape index (κ3) is 15.4. The van der Waals surface area contributed by atoms with E-state index in [2.05, 4.69) is 11.7 Å². The third-order valence-corrected chi connectivity index (χ3v) is 5.54. The van der Waals surface area contributed by atoms with Gasteiger partial charge in [0.05, 0.1) is 13.5 Å². The molecule has 0 saturated heterocycles. The van der Waals surface area contributed by atoms with Gasteiger partial charge in [0.15, 0.2) is 0 Å². The second-order valence-electron chi connectivity index (χ2n) is 8.79. The molecule has 0 aliphatic heterocycles. The summed E-state index contributed by atoms with van der Waals surface area (Å²) in [5.74, 6) is -2.62. The van der Waals surface area contributed by atoms with Gasteiger partial charge in [0.25, 0.3) is 0 Å². The molecule has 0 aliphatic carbocycles. The molecule has 0 saturated carbocycles. The Kier molecular flexibility index (Phi) is 17.8. The molecule has 0 heterocycles. The predicted molar refractivity (Wildman–Crippen MR) is 130 cm³/mol. The van der Waals surface area contributed by atoms with Crippen LogP contribution in [0.15, 0.2) is 12.2 Å². The van der Waals surface area contributed by atoms with Gasteiger partial charge in [-0.1, -0.05) is 57.6 Å². The van der Waals surface area contributed by atoms with Crippen LogP contribution in [0.2, 0.25) is 0 Å². The van der Waals surface area contributed by atoms with E-state index in [9.17, 15) is 29.4 Å². The summed E-state index contributed by atoms with van der Waals surface area (Å²) >= 11 is 0. The Bertz CT molecular complexity index is 674. The van der Waals surface area contributed by atoms with E-state index in [4.69, 9.17) is 9.47 Å². The van der Waals surface area contributed by atoms with E-state index < -0.39 is 42.3 Å². The highest BCUT2D eigenvalue weighted by molar-refractivity contribution is 5.86. The monoisotopic (exact) mass is 500 g/mol. The maximum atomic E-state index is 12.4. The average Bonchev–Trinajstić information content (AvgIpc) is 2.79. The maximum absolute atomic E-state index is 12.4. The van der Waals surface area contributed by atoms with Crippen molar-refractivity contribution in [2.75, 3.05) is 7.11 Å². The van der Waals surface area contributed by atoms with E-state index in [1.807, 2.05) is 0 Å². The predicted octanol–water partition coefficient (Wildman–Crippen LogP) is 3.92. The van der Waals surface area contributed by atoms with Crippen LogP contribution in [0.3, 0.4) is 0 Å². The molecular weight excluding hydrogens is 456 g/mol. The molecule has 2 N–H and O–H groups in total. The molecule has 0 rings (SSSR count). The molecule has 9 nitrogen and oxygen atoms in total. The molecule has 9 heteroatoms. The number of carbonyl (C=O) groups is 4. The molecule has 0 aromatic heterocycles. The van der Waals surface area contributed by atoms with Gasteiger partial charge in [-0.15, -0.1) is 0 Å². The van der Waals surface area contributed by atoms with Crippen LogP contribution in [0.5, 0.6) is 0 Å². The zero-order chi connectivity index (χ0) is 26.7. The lowest BCUT2D eigenvalue weighted by Crippen LogP contribution is -2.52. The highest BCUT2D eigenvalue weighted by atomic mass is 16.7. The molecule has 0 amide bonds. The normalized spacial score (nSPS) is 14.7. The number of aliphatic hydroxyl groups is 2. The minimum absolute atomic E-state index is 0.323. The number of ketones is 1. The van der Waals surface area contributed by atoms with Crippen LogP contribution in [0.1, 0.15) is 104 Å². The molecule has 35 heavy (non-hydrogen) atoms. The number of unbranched alkanes of at least 4 members (excludes halogenated alkanes) is 8. The zero-order valence-corrected chi connectivity index (χ0v) is 21.8. The largest absolute Gasteiger partial charge is 0.469 e. The molecule has 1 unspecified atom stereocenters. The Morgan fingerprint density at radius 3 is 2.03 bits per heavy atom. The molecule has 0 aliphatic rings. The Labute approximate surface area is 209 Å². The Hall–Kier alpha value is -2.26. The van der Waals surface area contributed by atoms with Crippen LogP contribution in [-0.4, -0.2) is 59.0 Å². The number of ether oxygens (including phenoxy) is 3. The van der Waals surface area contributed by atoms with Crippen LogP contribution in [0.4, 0.5) is 0 Å². The summed E-state index contributed by atoms with van der Waals surface area (Å²) in [6.07, 6.45) is 9.98. The van der Waals surface area contributed by atoms with E-state index in [1.165, 1.54) is 32.3 Å². The minimum atomic E-state index is -2.60. The first-order chi connectivity index (χ1) is 16.6. The highest BCUT2D eigenvalue weighted by Gasteiger charge is 2.47. The number of hydrogen-bond donors (Lipinski definition) is 2. The number of methoxy groups -OCH3 is 1. The van der Waals surface area contributed by atoms with Gasteiger partial charge >= 0.3 is 17.9 Å². The van der Waals surface area contributed by atoms with Crippen LogP contribution >= 0.6 is 0 Å². The lowest BCUT2D eigenvalue weighted by Gasteiger charge is -2.29. The summed E-state index contributed by atoms with van der Waals surface area (Å²) in [5, 5.41) is 21.1. The summed E-state index contributed by atoms with van der Waals surface area (Å²) in [6, 6.07) is 0. The Balaban J connectivity index is 4.45. The van der Waals surface area contributed by atoms with Gasteiger partial charge in [-0.05, 0) is 25.7 Å². The molecular formula is C26H44O9. The van der Waals surface area contributed by atoms with Crippen LogP contribution in [0.25, 0.3) is 0 Å². The highest BCUT2D eigenvalue weighted by Crippen LogP contribution is 2.22. The fourth-order valence-corrected chi connectivity index (χ4v) is 3.47. The number of rotatable bonds is 20. The smallest absolute Gasteiger partial charge is 0.344 e. The van der Waals surface area contributed by atoms with Crippen molar-refractivity contribution in [2.24, 2.45) is 0 Å². The van der Waals surface area contributed by atoms with Crippen LogP contribution in [0, 0.1) is 0 Å². The average molecular weight is 501 g/mol. The van der Waals surface area contributed by atoms with Gasteiger partial charge in [0.2, 0.25) is 11.9 Å². The summed E-state index contributed by atoms with van der Waals surface area (Å²) in [6.45, 7) is 4.55. The van der Waals surface area contributed by atoms with Gasteiger partial charge in [-0.2, -0.15) is 0 Å². The summed E-state index contributed by atoms with van der Waals surface area (Å²) < 4.78 is 14.1. The van der Waals surface area contributed by atoms with Crippen molar-refractivity contribution in [1.82, 2.24) is 0 Å². The molecule has 202 valence electrons. The van der Waals surface area contributed by atoms with Gasteiger partial charge < -0.3 is 24.4 Å². The van der Waals surface area contributed by atoms with Crippen molar-refractivity contribution in [1.29, 1.82) is 0 Å². The van der Waals surface area contributed by atoms with E-state index in [0.29, 0.717) is 25.0 Å². The van der Waals surface area contributed by atoms with Crippen molar-refractivity contribution in [3.05, 3.63) is 12.2 Å². The number of hydrogen-bond acceptors (Lipinski definition) is 9. The lowest BCUT2D eigenvalue weighted by molar-refractivity contribution is -0.205. The van der Waals surface area contributed by atoms with Crippen molar-refractivity contribution in [2.45, 2.75) is 122 Å². The van der Waals surface area contributed by atoms with E-state index in [0.717, 1.165) is 52.6 Å². The SMILES string of the molecule is CCCCCCCC(=O)CCCCCC/C=C/[C@H](O)[C@@](O)(CC(=O)OC)C(=O)OC(C)OC(C)=O. The quantitative estimate of drug-likeness (QED) is 0.110. The molecule has 0 fully saturated rings. The molecule has 0 bridgehead atoms. The maximum Gasteiger partial charge on any atom is 0.344 e. The van der Waals surface area contributed by atoms with Crippen molar-refractivity contribution in [3.63, 3.8) is 0 Å². The van der Waals surface area contributed by atoms with Gasteiger partial charge in [-0.25, -0.2) is 4.79 Å². The van der Waals surface area contributed by atoms with Gasteiger partial charge in [0, 0.05) is 26.7 Å². The molecule has 0 aromatic rings. The van der Waals surface area contributed by atoms with E-state index in [-0.39, 0.29) is 0 Å². The summed E-state index contributed by atoms with van der Waals surface area (Å²) in [7, 11) is 1.08. The van der Waals surface area contributed by atoms with Crippen LogP contribution < -0.4 is 0 Å². The number of aliphatic hydroxyl groups excluding tert-OH is 1. The third-order valence-electron chi connectivity index (χ3n) is 5.54. The molecule has 0 spiro atoms. The second kappa shape index (κ2) is 19.0. The fraction of sp³-hybridized carbons (Fsp3) is 0.769. The lowest BCUT2D eigenvalue weighted by atomic mass is 9.92. The standard InChI is InChI=1S/C26H44O9/c1-5-6-7-10-13-16-22(28)17-14-11-8-9-12-15-18-23(29)26(32,19-24(30)33-4)25(31)35-21(3)34-20(2)27/h15,18,21,23,29,32H,5-14,16-17,19H2,1-4H3/b18-15+/t21?,23-,26-/m0/s1. The summed E-state index contributed by atoms with van der Waals surface area (Å²) in [5.41, 5.74) is -2.60. The first-order valence-electron chi connectivity index (χ1n) is 12.6. The topological polar surface area (TPSA) is 136 Å². The summed E-state index contributed by atoms with van der Waals surface area (Å²) in [4.78, 5) is 47.0. The fourth-order valence-electron chi connectivity index (χ4n) is 3.47. The number of allylic oxidation sites excluding steroid dienone is 1. The molecule has 3 atom stereocenters. The van der Waals surface area contributed by atoms with Gasteiger partial charge in [-0.3, -0.25) is 14.4 Å². The van der Waals surface area contributed by atoms with E-state index in [1.54, 1.807) is 6.08 Å². The first kappa shape index (κ1) is 32.7. The van der Waals surface area contributed by atoms with Crippen LogP contribution in [-0.2, 0) is 33.4 Å². The Morgan fingerprint density at radius 1 is 0.914 bits per heavy atom. The number of Topliss-reactive ketones (excluding diaryl/α,β-unsaturated/α-hetero) is 1. The molecule has 0 aromatic carbocycles. The zero-order valence-electron chi connectivity index (χ0n) is 21.8. The first-order valence-corrected chi connectivity index (χ1v) is 12.6. The van der Waals surface area contributed by atoms with E-state index >= 15 is 0 Å². The minimum Gasteiger partial charge on any atom is -0.469 e. The van der Waals surface area contributed by atoms with Crippen molar-refractivity contribution >= 4 is 23.7 Å². The molecule has 0 radical (unpaired) electrons. The van der Waals surface area contributed by atoms with Crippen molar-refractivity contribution in [3.8, 4) is 0 Å². The Morgan fingerprint density at radius 2 is 1.49 bits per heavy atom.